The number of para-hydroxylation sites is 1. The number of nitrogens with one attached hydrogen (secondary N) is 1. The molecule has 0 radical (unpaired) electrons. The Bertz CT molecular complexity index is 1550. The maximum Gasteiger partial charge on any atom is 0.228 e. The van der Waals surface area contributed by atoms with Gasteiger partial charge in [0.1, 0.15) is 12.4 Å². The van der Waals surface area contributed by atoms with Crippen LogP contribution in [-0.2, 0) is 26.7 Å². The summed E-state index contributed by atoms with van der Waals surface area (Å²) in [5, 5.41) is 16.3. The van der Waals surface area contributed by atoms with Crippen molar-refractivity contribution in [2.45, 2.75) is 33.0 Å². The highest BCUT2D eigenvalue weighted by atomic mass is 19.1. The minimum absolute atomic E-state index is 0.134. The fourth-order valence-electron chi connectivity index (χ4n) is 4.53. The summed E-state index contributed by atoms with van der Waals surface area (Å²) in [6.07, 6.45) is 6.47. The summed E-state index contributed by atoms with van der Waals surface area (Å²) in [7, 11) is 1.85. The fourth-order valence-corrected chi connectivity index (χ4v) is 4.53. The molecule has 5 aromatic rings. The van der Waals surface area contributed by atoms with E-state index in [4.69, 9.17) is 9.72 Å². The third kappa shape index (κ3) is 3.88. The average molecular weight is 486 g/mol. The largest absolute Gasteiger partial charge is 0.483 e. The van der Waals surface area contributed by atoms with Crippen LogP contribution in [0, 0.1) is 12.7 Å². The quantitative estimate of drug-likeness (QED) is 0.386. The highest BCUT2D eigenvalue weighted by Crippen LogP contribution is 2.35. The van der Waals surface area contributed by atoms with Gasteiger partial charge in [0.2, 0.25) is 5.95 Å². The summed E-state index contributed by atoms with van der Waals surface area (Å²) in [6, 6.07) is 10.1. The molecule has 11 heteroatoms. The summed E-state index contributed by atoms with van der Waals surface area (Å²) in [6.45, 7) is 3.78. The monoisotopic (exact) mass is 485 g/mol. The molecule has 1 N–H and O–H groups in total. The summed E-state index contributed by atoms with van der Waals surface area (Å²) in [5.74, 6) is 2.52. The van der Waals surface area contributed by atoms with Gasteiger partial charge in [-0.05, 0) is 37.1 Å². The van der Waals surface area contributed by atoms with Crippen molar-refractivity contribution in [3.8, 4) is 28.5 Å². The van der Waals surface area contributed by atoms with Gasteiger partial charge < -0.3 is 19.2 Å². The molecule has 0 fully saturated rings. The minimum atomic E-state index is -0.399. The molecule has 1 aliphatic heterocycles. The summed E-state index contributed by atoms with van der Waals surface area (Å²) in [5.41, 5.74) is 3.85. The van der Waals surface area contributed by atoms with E-state index < -0.39 is 5.82 Å². The highest BCUT2D eigenvalue weighted by molar-refractivity contribution is 5.74. The Morgan fingerprint density at radius 1 is 1.08 bits per heavy atom. The molecule has 0 spiro atoms. The lowest BCUT2D eigenvalue weighted by molar-refractivity contribution is 0.274. The number of nitrogens with zero attached hydrogens (tertiary/aromatic N) is 8. The van der Waals surface area contributed by atoms with E-state index in [2.05, 4.69) is 47.9 Å². The maximum absolute atomic E-state index is 14.0. The molecule has 0 bridgehead atoms. The molecule has 0 aliphatic carbocycles. The smallest absolute Gasteiger partial charge is 0.228 e. The second-order valence-electron chi connectivity index (χ2n) is 8.60. The van der Waals surface area contributed by atoms with Crippen LogP contribution < -0.4 is 10.1 Å². The molecule has 36 heavy (non-hydrogen) atoms. The van der Waals surface area contributed by atoms with Crippen molar-refractivity contribution in [1.29, 1.82) is 0 Å². The third-order valence-electron chi connectivity index (χ3n) is 6.34. The molecule has 0 saturated carbocycles. The molecule has 6 rings (SSSR count). The van der Waals surface area contributed by atoms with Crippen molar-refractivity contribution in [1.82, 2.24) is 39.1 Å². The van der Waals surface area contributed by atoms with Crippen LogP contribution in [-0.4, -0.2) is 39.1 Å². The number of aryl methyl sites for hydroxylation is 2. The lowest BCUT2D eigenvalue weighted by Gasteiger charge is -2.10. The van der Waals surface area contributed by atoms with Crippen LogP contribution in [0.3, 0.4) is 0 Å². The highest BCUT2D eigenvalue weighted by Gasteiger charge is 2.25. The fraction of sp³-hybridized carbons (Fsp3) is 0.240. The Labute approximate surface area is 206 Å². The Hall–Kier alpha value is -4.54. The Morgan fingerprint density at radius 2 is 1.97 bits per heavy atom. The van der Waals surface area contributed by atoms with Crippen molar-refractivity contribution in [2.75, 3.05) is 5.32 Å². The molecule has 0 saturated heterocycles. The Kier molecular flexibility index (Phi) is 5.44. The van der Waals surface area contributed by atoms with Crippen molar-refractivity contribution in [3.63, 3.8) is 0 Å². The van der Waals surface area contributed by atoms with Gasteiger partial charge in [-0.25, -0.2) is 14.4 Å². The van der Waals surface area contributed by atoms with Crippen LogP contribution >= 0.6 is 0 Å². The predicted octanol–water partition coefficient (Wildman–Crippen LogP) is 4.11. The van der Waals surface area contributed by atoms with Gasteiger partial charge in [-0.2, -0.15) is 5.10 Å². The molecule has 0 amide bonds. The van der Waals surface area contributed by atoms with Crippen LogP contribution in [0.2, 0.25) is 0 Å². The second kappa shape index (κ2) is 8.91. The summed E-state index contributed by atoms with van der Waals surface area (Å²) in [4.78, 5) is 9.11. The minimum Gasteiger partial charge on any atom is -0.483 e. The van der Waals surface area contributed by atoms with Crippen molar-refractivity contribution < 1.29 is 9.13 Å². The molecule has 0 atom stereocenters. The number of ether oxygens (including phenoxy) is 1. The van der Waals surface area contributed by atoms with E-state index in [9.17, 15) is 4.39 Å². The van der Waals surface area contributed by atoms with E-state index in [1.807, 2.05) is 19.2 Å². The van der Waals surface area contributed by atoms with Crippen LogP contribution in [0.4, 0.5) is 16.2 Å². The third-order valence-corrected chi connectivity index (χ3v) is 6.34. The van der Waals surface area contributed by atoms with Crippen LogP contribution in [0.1, 0.15) is 17.8 Å². The van der Waals surface area contributed by atoms with Crippen molar-refractivity contribution in [3.05, 3.63) is 72.2 Å². The molecule has 182 valence electrons. The molecule has 0 unspecified atom stereocenters. The number of hydrogen-bond acceptors (Lipinski definition) is 7. The SMILES string of the molecule is Cc1c(-c2ccnc(Nc3ccnn3C)n2)cn2c1-c1nnc(COc3ccccc3F)n1CCC2. The van der Waals surface area contributed by atoms with E-state index in [-0.39, 0.29) is 12.4 Å². The first kappa shape index (κ1) is 22.0. The van der Waals surface area contributed by atoms with E-state index in [1.165, 1.54) is 6.07 Å². The van der Waals surface area contributed by atoms with Gasteiger partial charge in [-0.3, -0.25) is 4.68 Å². The van der Waals surface area contributed by atoms with Gasteiger partial charge in [-0.1, -0.05) is 12.1 Å². The van der Waals surface area contributed by atoms with Gasteiger partial charge in [0.15, 0.2) is 23.2 Å². The average Bonchev–Trinajstić information content (AvgIpc) is 3.52. The van der Waals surface area contributed by atoms with E-state index in [0.717, 1.165) is 53.7 Å². The second-order valence-corrected chi connectivity index (χ2v) is 8.60. The molecule has 10 nitrogen and oxygen atoms in total. The Balaban J connectivity index is 1.32. The molecular formula is C25H24FN9O. The Morgan fingerprint density at radius 3 is 2.81 bits per heavy atom. The maximum atomic E-state index is 14.0. The topological polar surface area (TPSA) is 100 Å². The van der Waals surface area contributed by atoms with Gasteiger partial charge in [0, 0.05) is 44.2 Å². The van der Waals surface area contributed by atoms with Crippen molar-refractivity contribution in [2.24, 2.45) is 7.05 Å². The van der Waals surface area contributed by atoms with E-state index in [1.54, 1.807) is 35.3 Å². The number of rotatable bonds is 6. The number of benzene rings is 1. The molecule has 5 heterocycles. The first-order valence-electron chi connectivity index (χ1n) is 11.7. The van der Waals surface area contributed by atoms with Crippen LogP contribution in [0.15, 0.2) is 55.0 Å². The van der Waals surface area contributed by atoms with Gasteiger partial charge in [-0.15, -0.1) is 10.2 Å². The number of aromatic nitrogens is 8. The molecule has 1 aliphatic rings. The first-order valence-corrected chi connectivity index (χ1v) is 11.7. The van der Waals surface area contributed by atoms with Gasteiger partial charge in [0.25, 0.3) is 0 Å². The van der Waals surface area contributed by atoms with Crippen molar-refractivity contribution >= 4 is 11.8 Å². The number of fused-ring (bicyclic) bond motifs is 3. The predicted molar refractivity (Wildman–Crippen MR) is 131 cm³/mol. The molecular weight excluding hydrogens is 461 g/mol. The zero-order valence-electron chi connectivity index (χ0n) is 19.9. The zero-order valence-corrected chi connectivity index (χ0v) is 19.9. The summed E-state index contributed by atoms with van der Waals surface area (Å²) < 4.78 is 25.7. The molecule has 1 aromatic carbocycles. The van der Waals surface area contributed by atoms with Gasteiger partial charge >= 0.3 is 0 Å². The lowest BCUT2D eigenvalue weighted by Crippen LogP contribution is -2.08. The van der Waals surface area contributed by atoms with Gasteiger partial charge in [0.05, 0.1) is 17.6 Å². The van der Waals surface area contributed by atoms with E-state index in [0.29, 0.717) is 11.8 Å². The number of hydrogen-bond donors (Lipinski definition) is 1. The van der Waals surface area contributed by atoms with Crippen LogP contribution in [0.25, 0.3) is 22.8 Å². The lowest BCUT2D eigenvalue weighted by atomic mass is 10.1. The summed E-state index contributed by atoms with van der Waals surface area (Å²) >= 11 is 0. The first-order chi connectivity index (χ1) is 17.6. The van der Waals surface area contributed by atoms with E-state index >= 15 is 0 Å². The molecule has 4 aromatic heterocycles. The normalized spacial score (nSPS) is 12.6. The standard InChI is InChI=1S/C25H24FN9O/c1-16-17(19-8-10-27-25(29-19)30-21-9-11-28-33(21)2)14-34-12-5-13-35-22(31-32-24(35)23(16)34)15-36-20-7-4-3-6-18(20)26/h3-4,6-11,14H,5,12-13,15H2,1-2H3,(H,27,29,30). The zero-order chi connectivity index (χ0) is 24.6. The van der Waals surface area contributed by atoms with Crippen LogP contribution in [0.5, 0.6) is 5.75 Å². The number of halogens is 1. The number of anilines is 2.